The van der Waals surface area contributed by atoms with Crippen molar-refractivity contribution in [2.45, 2.75) is 51.9 Å². The van der Waals surface area contributed by atoms with Crippen molar-refractivity contribution in [3.05, 3.63) is 81.5 Å². The number of amides is 1. The van der Waals surface area contributed by atoms with E-state index in [4.69, 9.17) is 16.3 Å². The minimum atomic E-state index is -4.63. The maximum absolute atomic E-state index is 13.7. The summed E-state index contributed by atoms with van der Waals surface area (Å²) in [6.07, 6.45) is -5.38. The standard InChI is InChI=1S/C24H23ClF3NO3/c1-14(2)32-23(31)22-15(3)29(13-16-7-6-8-17(25)11-16)21(30)12-19(22)18-9-4-5-10-20(18)24(26,27)28/h4-11,14,19H,12-13H2,1-3H3/t19-/m0/s1. The van der Waals surface area contributed by atoms with E-state index in [0.717, 1.165) is 11.6 Å². The smallest absolute Gasteiger partial charge is 0.416 e. The molecule has 4 nitrogen and oxygen atoms in total. The number of esters is 1. The average molecular weight is 466 g/mol. The van der Waals surface area contributed by atoms with Gasteiger partial charge in [-0.25, -0.2) is 4.79 Å². The molecule has 0 aromatic heterocycles. The maximum Gasteiger partial charge on any atom is 0.416 e. The Morgan fingerprint density at radius 2 is 1.88 bits per heavy atom. The molecule has 2 aromatic rings. The van der Waals surface area contributed by atoms with E-state index >= 15 is 0 Å². The highest BCUT2D eigenvalue weighted by Gasteiger charge is 2.42. The van der Waals surface area contributed by atoms with Crippen LogP contribution in [-0.2, 0) is 27.0 Å². The second-order valence-electron chi connectivity index (χ2n) is 7.90. The molecule has 0 bridgehead atoms. The van der Waals surface area contributed by atoms with Crippen molar-refractivity contribution in [1.82, 2.24) is 4.90 Å². The lowest BCUT2D eigenvalue weighted by Gasteiger charge is -2.35. The molecule has 1 aliphatic heterocycles. The minimum absolute atomic E-state index is 0.0528. The largest absolute Gasteiger partial charge is 0.460 e. The van der Waals surface area contributed by atoms with Crippen LogP contribution in [0.1, 0.15) is 49.8 Å². The Morgan fingerprint density at radius 1 is 1.19 bits per heavy atom. The quantitative estimate of drug-likeness (QED) is 0.501. The predicted molar refractivity (Wildman–Crippen MR) is 115 cm³/mol. The molecular formula is C24H23ClF3NO3. The fraction of sp³-hybridized carbons (Fsp3) is 0.333. The number of carbonyl (C=O) groups is 2. The van der Waals surface area contributed by atoms with Gasteiger partial charge in [-0.15, -0.1) is 0 Å². The molecule has 1 heterocycles. The summed E-state index contributed by atoms with van der Waals surface area (Å²) >= 11 is 6.04. The van der Waals surface area contributed by atoms with Crippen molar-refractivity contribution in [3.8, 4) is 0 Å². The van der Waals surface area contributed by atoms with Gasteiger partial charge in [0.2, 0.25) is 5.91 Å². The molecule has 0 saturated carbocycles. The Labute approximate surface area is 189 Å². The van der Waals surface area contributed by atoms with Crippen LogP contribution in [0, 0.1) is 0 Å². The van der Waals surface area contributed by atoms with E-state index in [-0.39, 0.29) is 35.7 Å². The van der Waals surface area contributed by atoms with Crippen molar-refractivity contribution in [3.63, 3.8) is 0 Å². The van der Waals surface area contributed by atoms with E-state index in [1.54, 1.807) is 45.0 Å². The number of rotatable bonds is 5. The second-order valence-corrected chi connectivity index (χ2v) is 8.34. The maximum atomic E-state index is 13.7. The Morgan fingerprint density at radius 3 is 2.50 bits per heavy atom. The molecule has 1 aliphatic rings. The lowest BCUT2D eigenvalue weighted by molar-refractivity contribution is -0.145. The summed E-state index contributed by atoms with van der Waals surface area (Å²) in [5, 5.41) is 0.491. The van der Waals surface area contributed by atoms with Crippen LogP contribution in [0.15, 0.2) is 59.8 Å². The molecule has 1 atom stereocenters. The molecule has 0 spiro atoms. The first-order valence-corrected chi connectivity index (χ1v) is 10.5. The van der Waals surface area contributed by atoms with E-state index < -0.39 is 29.7 Å². The third-order valence-corrected chi connectivity index (χ3v) is 5.49. The fourth-order valence-corrected chi connectivity index (χ4v) is 4.10. The first-order valence-electron chi connectivity index (χ1n) is 10.1. The van der Waals surface area contributed by atoms with Crippen molar-refractivity contribution >= 4 is 23.5 Å². The third-order valence-electron chi connectivity index (χ3n) is 5.26. The van der Waals surface area contributed by atoms with Crippen molar-refractivity contribution in [1.29, 1.82) is 0 Å². The summed E-state index contributed by atoms with van der Waals surface area (Å²) in [6, 6.07) is 11.9. The highest BCUT2D eigenvalue weighted by atomic mass is 35.5. The van der Waals surface area contributed by atoms with Gasteiger partial charge in [0.15, 0.2) is 0 Å². The Balaban J connectivity index is 2.12. The molecule has 2 aromatic carbocycles. The zero-order valence-corrected chi connectivity index (χ0v) is 18.6. The minimum Gasteiger partial charge on any atom is -0.460 e. The van der Waals surface area contributed by atoms with Gasteiger partial charge >= 0.3 is 12.1 Å². The van der Waals surface area contributed by atoms with Gasteiger partial charge in [0.05, 0.1) is 23.8 Å². The molecule has 0 saturated heterocycles. The van der Waals surface area contributed by atoms with E-state index in [2.05, 4.69) is 0 Å². The lowest BCUT2D eigenvalue weighted by atomic mass is 9.81. The van der Waals surface area contributed by atoms with Crippen LogP contribution < -0.4 is 0 Å². The zero-order chi connectivity index (χ0) is 23.6. The highest BCUT2D eigenvalue weighted by molar-refractivity contribution is 6.30. The molecule has 3 rings (SSSR count). The number of hydrogen-bond donors (Lipinski definition) is 0. The molecular weight excluding hydrogens is 443 g/mol. The van der Waals surface area contributed by atoms with Crippen LogP contribution in [0.2, 0.25) is 5.02 Å². The first-order chi connectivity index (χ1) is 15.0. The molecule has 32 heavy (non-hydrogen) atoms. The van der Waals surface area contributed by atoms with E-state index in [9.17, 15) is 22.8 Å². The van der Waals surface area contributed by atoms with Crippen LogP contribution in [0.3, 0.4) is 0 Å². The van der Waals surface area contributed by atoms with Crippen LogP contribution in [0.25, 0.3) is 0 Å². The van der Waals surface area contributed by atoms with Gasteiger partial charge in [-0.05, 0) is 50.1 Å². The van der Waals surface area contributed by atoms with Crippen LogP contribution in [0.4, 0.5) is 13.2 Å². The molecule has 0 unspecified atom stereocenters. The van der Waals surface area contributed by atoms with E-state index in [1.807, 2.05) is 0 Å². The first kappa shape index (κ1) is 23.9. The summed E-state index contributed by atoms with van der Waals surface area (Å²) in [7, 11) is 0. The number of allylic oxidation sites excluding steroid dienone is 1. The Bertz CT molecular complexity index is 1060. The van der Waals surface area contributed by atoms with E-state index in [1.165, 1.54) is 23.1 Å². The molecule has 1 amide bonds. The van der Waals surface area contributed by atoms with Gasteiger partial charge in [0.1, 0.15) is 0 Å². The van der Waals surface area contributed by atoms with Crippen LogP contribution in [-0.4, -0.2) is 22.9 Å². The van der Waals surface area contributed by atoms with Gasteiger partial charge in [-0.2, -0.15) is 13.2 Å². The number of halogens is 4. The van der Waals surface area contributed by atoms with Crippen molar-refractivity contribution in [2.75, 3.05) is 0 Å². The van der Waals surface area contributed by atoms with Crippen LogP contribution >= 0.6 is 11.6 Å². The van der Waals surface area contributed by atoms with Gasteiger partial charge < -0.3 is 9.64 Å². The summed E-state index contributed by atoms with van der Waals surface area (Å²) in [4.78, 5) is 27.5. The second kappa shape index (κ2) is 9.36. The Kier molecular flexibility index (Phi) is 6.98. The normalized spacial score (nSPS) is 17.2. The predicted octanol–water partition coefficient (Wildman–Crippen LogP) is 6.10. The van der Waals surface area contributed by atoms with Crippen molar-refractivity contribution < 1.29 is 27.5 Å². The zero-order valence-electron chi connectivity index (χ0n) is 17.9. The topological polar surface area (TPSA) is 46.6 Å². The summed E-state index contributed by atoms with van der Waals surface area (Å²) in [5.41, 5.74) is 0.0661. The van der Waals surface area contributed by atoms with Crippen molar-refractivity contribution in [2.24, 2.45) is 0 Å². The molecule has 0 aliphatic carbocycles. The van der Waals surface area contributed by atoms with Gasteiger partial charge in [-0.3, -0.25) is 4.79 Å². The van der Waals surface area contributed by atoms with Crippen LogP contribution in [0.5, 0.6) is 0 Å². The number of carbonyl (C=O) groups excluding carboxylic acids is 2. The number of nitrogens with zero attached hydrogens (tertiary/aromatic N) is 1. The third kappa shape index (κ3) is 5.15. The highest BCUT2D eigenvalue weighted by Crippen LogP contribution is 2.43. The number of alkyl halides is 3. The lowest BCUT2D eigenvalue weighted by Crippen LogP contribution is -2.38. The number of hydrogen-bond acceptors (Lipinski definition) is 3. The number of ether oxygens (including phenoxy) is 1. The summed E-state index contributed by atoms with van der Waals surface area (Å²) in [5.74, 6) is -2.18. The summed E-state index contributed by atoms with van der Waals surface area (Å²) in [6.45, 7) is 5.01. The molecule has 0 radical (unpaired) electrons. The molecule has 0 N–H and O–H groups in total. The van der Waals surface area contributed by atoms with Gasteiger partial charge in [0.25, 0.3) is 0 Å². The molecule has 8 heteroatoms. The molecule has 0 fully saturated rings. The van der Waals surface area contributed by atoms with E-state index in [0.29, 0.717) is 5.02 Å². The SMILES string of the molecule is CC1=C(C(=O)OC(C)C)[C@H](c2ccccc2C(F)(F)F)CC(=O)N1Cc1cccc(Cl)c1. The molecule has 170 valence electrons. The van der Waals surface area contributed by atoms with Gasteiger partial charge in [-0.1, -0.05) is 41.9 Å². The Hall–Kier alpha value is -2.80. The van der Waals surface area contributed by atoms with Gasteiger partial charge in [0, 0.05) is 23.1 Å². The summed E-state index contributed by atoms with van der Waals surface area (Å²) < 4.78 is 46.4. The average Bonchev–Trinajstić information content (AvgIpc) is 2.69. The monoisotopic (exact) mass is 465 g/mol. The fourth-order valence-electron chi connectivity index (χ4n) is 3.89. The number of benzene rings is 2.